The molecule has 0 fully saturated rings. The summed E-state index contributed by atoms with van der Waals surface area (Å²) in [6.45, 7) is 2.02. The summed E-state index contributed by atoms with van der Waals surface area (Å²) in [5.41, 5.74) is 0.331. The lowest BCUT2D eigenvalue weighted by Gasteiger charge is -1.97. The van der Waals surface area contributed by atoms with E-state index in [-0.39, 0.29) is 0 Å². The van der Waals surface area contributed by atoms with E-state index < -0.39 is 12.3 Å². The Morgan fingerprint density at radius 2 is 1.81 bits per heavy atom. The molecule has 0 spiro atoms. The second-order valence-electron chi connectivity index (χ2n) is 3.29. The van der Waals surface area contributed by atoms with Gasteiger partial charge in [0.15, 0.2) is 6.29 Å². The number of benzene rings is 1. The van der Waals surface area contributed by atoms with E-state index >= 15 is 0 Å². The molecule has 0 bridgehead atoms. The number of hydrogen-bond acceptors (Lipinski definition) is 3. The maximum absolute atomic E-state index is 10.2. The predicted molar refractivity (Wildman–Crippen MR) is 61.2 cm³/mol. The Kier molecular flexibility index (Phi) is 8.11. The van der Waals surface area contributed by atoms with Crippen LogP contribution in [0.4, 0.5) is 0 Å². The van der Waals surface area contributed by atoms with Crippen LogP contribution in [0.5, 0.6) is 0 Å². The third-order valence-corrected chi connectivity index (χ3v) is 1.84. The molecule has 1 aromatic carbocycles. The molecule has 0 unspecified atom stereocenters. The molecule has 0 amide bonds. The number of aliphatic hydroxyl groups is 2. The first-order chi connectivity index (χ1) is 7.57. The molecule has 0 saturated heterocycles. The molecule has 0 aliphatic heterocycles. The van der Waals surface area contributed by atoms with E-state index in [2.05, 4.69) is 0 Å². The van der Waals surface area contributed by atoms with Crippen molar-refractivity contribution in [1.29, 1.82) is 0 Å². The fraction of sp³-hybridized carbons (Fsp3) is 0.417. The Hall–Kier alpha value is -1.39. The molecule has 3 N–H and O–H groups in total. The van der Waals surface area contributed by atoms with Crippen molar-refractivity contribution in [1.82, 2.24) is 0 Å². The zero-order valence-electron chi connectivity index (χ0n) is 9.34. The van der Waals surface area contributed by atoms with Gasteiger partial charge in [-0.05, 0) is 25.0 Å². The summed E-state index contributed by atoms with van der Waals surface area (Å²) in [5.74, 6) is -0.879. The second kappa shape index (κ2) is 8.88. The SMILES string of the molecule is CCCCC(O)O.O=C(O)c1ccccc1. The topological polar surface area (TPSA) is 77.8 Å². The highest BCUT2D eigenvalue weighted by Gasteiger charge is 1.96. The Morgan fingerprint density at radius 3 is 2.06 bits per heavy atom. The molecule has 0 radical (unpaired) electrons. The number of carbonyl (C=O) groups is 1. The second-order valence-corrected chi connectivity index (χ2v) is 3.29. The van der Waals surface area contributed by atoms with Crippen LogP contribution in [-0.4, -0.2) is 27.6 Å². The van der Waals surface area contributed by atoms with Gasteiger partial charge in [-0.15, -0.1) is 0 Å². The third kappa shape index (κ3) is 7.96. The molecular weight excluding hydrogens is 208 g/mol. The molecule has 16 heavy (non-hydrogen) atoms. The first-order valence-electron chi connectivity index (χ1n) is 5.22. The molecule has 0 aliphatic carbocycles. The highest BCUT2D eigenvalue weighted by molar-refractivity contribution is 5.87. The molecule has 0 aliphatic rings. The van der Waals surface area contributed by atoms with E-state index in [1.165, 1.54) is 0 Å². The lowest BCUT2D eigenvalue weighted by atomic mass is 10.2. The highest BCUT2D eigenvalue weighted by atomic mass is 16.5. The number of carboxylic acids is 1. The smallest absolute Gasteiger partial charge is 0.335 e. The number of hydrogen-bond donors (Lipinski definition) is 3. The molecule has 90 valence electrons. The van der Waals surface area contributed by atoms with Crippen LogP contribution in [0.1, 0.15) is 36.5 Å². The van der Waals surface area contributed by atoms with Gasteiger partial charge in [0, 0.05) is 0 Å². The van der Waals surface area contributed by atoms with Gasteiger partial charge >= 0.3 is 5.97 Å². The lowest BCUT2D eigenvalue weighted by molar-refractivity contribution is -0.0463. The molecule has 1 rings (SSSR count). The minimum absolute atomic E-state index is 0.331. The quantitative estimate of drug-likeness (QED) is 0.685. The summed E-state index contributed by atoms with van der Waals surface area (Å²) in [5, 5.41) is 24.9. The van der Waals surface area contributed by atoms with Crippen molar-refractivity contribution in [3.05, 3.63) is 35.9 Å². The third-order valence-electron chi connectivity index (χ3n) is 1.84. The van der Waals surface area contributed by atoms with Crippen molar-refractivity contribution in [3.8, 4) is 0 Å². The van der Waals surface area contributed by atoms with Gasteiger partial charge in [0.1, 0.15) is 0 Å². The van der Waals surface area contributed by atoms with Gasteiger partial charge in [-0.3, -0.25) is 0 Å². The fourth-order valence-corrected chi connectivity index (χ4v) is 0.967. The van der Waals surface area contributed by atoms with Crippen LogP contribution < -0.4 is 0 Å². The lowest BCUT2D eigenvalue weighted by Crippen LogP contribution is -2.02. The maximum Gasteiger partial charge on any atom is 0.335 e. The molecule has 4 heteroatoms. The van der Waals surface area contributed by atoms with Crippen molar-refractivity contribution in [2.75, 3.05) is 0 Å². The van der Waals surface area contributed by atoms with Gasteiger partial charge in [0.25, 0.3) is 0 Å². The van der Waals surface area contributed by atoms with Gasteiger partial charge in [-0.25, -0.2) is 4.79 Å². The average Bonchev–Trinajstić information content (AvgIpc) is 2.28. The minimum Gasteiger partial charge on any atom is -0.478 e. The standard InChI is InChI=1S/C7H6O2.C5H12O2/c8-7(9)6-4-2-1-3-5-6;1-2-3-4-5(6)7/h1-5H,(H,8,9);5-7H,2-4H2,1H3. The van der Waals surface area contributed by atoms with Gasteiger partial charge in [0.05, 0.1) is 5.56 Å². The maximum atomic E-state index is 10.2. The largest absolute Gasteiger partial charge is 0.478 e. The minimum atomic E-state index is -1.10. The Morgan fingerprint density at radius 1 is 1.25 bits per heavy atom. The van der Waals surface area contributed by atoms with Crippen LogP contribution in [0, 0.1) is 0 Å². The number of aliphatic hydroxyl groups excluding tert-OH is 1. The number of carboxylic acid groups (broad SMARTS) is 1. The summed E-state index contributed by atoms with van der Waals surface area (Å²) in [7, 11) is 0. The van der Waals surface area contributed by atoms with Crippen molar-refractivity contribution < 1.29 is 20.1 Å². The molecule has 4 nitrogen and oxygen atoms in total. The first kappa shape index (κ1) is 14.6. The average molecular weight is 226 g/mol. The van der Waals surface area contributed by atoms with E-state index in [0.29, 0.717) is 12.0 Å². The normalized spacial score (nSPS) is 9.50. The molecule has 0 heterocycles. The Bertz CT molecular complexity index is 282. The number of rotatable bonds is 4. The summed E-state index contributed by atoms with van der Waals surface area (Å²) in [6.07, 6.45) is 1.34. The van der Waals surface area contributed by atoms with Crippen LogP contribution in [-0.2, 0) is 0 Å². The van der Waals surface area contributed by atoms with Crippen molar-refractivity contribution in [2.45, 2.75) is 32.5 Å². The fourth-order valence-electron chi connectivity index (χ4n) is 0.967. The summed E-state index contributed by atoms with van der Waals surface area (Å²) >= 11 is 0. The zero-order valence-corrected chi connectivity index (χ0v) is 9.34. The first-order valence-corrected chi connectivity index (χ1v) is 5.22. The van der Waals surface area contributed by atoms with Crippen LogP contribution >= 0.6 is 0 Å². The van der Waals surface area contributed by atoms with Crippen molar-refractivity contribution >= 4 is 5.97 Å². The number of aromatic carboxylic acids is 1. The molecule has 0 saturated carbocycles. The monoisotopic (exact) mass is 226 g/mol. The van der Waals surface area contributed by atoms with Crippen LogP contribution in [0.3, 0.4) is 0 Å². The summed E-state index contributed by atoms with van der Waals surface area (Å²) in [4.78, 5) is 10.2. The van der Waals surface area contributed by atoms with Crippen LogP contribution in [0.2, 0.25) is 0 Å². The summed E-state index contributed by atoms with van der Waals surface area (Å²) in [6, 6.07) is 8.30. The van der Waals surface area contributed by atoms with E-state index in [9.17, 15) is 4.79 Å². The molecule has 0 aromatic heterocycles. The van der Waals surface area contributed by atoms with Gasteiger partial charge in [-0.2, -0.15) is 0 Å². The highest BCUT2D eigenvalue weighted by Crippen LogP contribution is 1.96. The Labute approximate surface area is 95.2 Å². The molecule has 1 aromatic rings. The Balaban J connectivity index is 0.000000293. The van der Waals surface area contributed by atoms with E-state index in [1.54, 1.807) is 30.3 Å². The van der Waals surface area contributed by atoms with E-state index in [4.69, 9.17) is 15.3 Å². The van der Waals surface area contributed by atoms with Gasteiger partial charge in [0.2, 0.25) is 0 Å². The van der Waals surface area contributed by atoms with Crippen molar-refractivity contribution in [2.24, 2.45) is 0 Å². The molecule has 0 atom stereocenters. The van der Waals surface area contributed by atoms with Gasteiger partial charge in [-0.1, -0.05) is 31.5 Å². The summed E-state index contributed by atoms with van der Waals surface area (Å²) < 4.78 is 0. The predicted octanol–water partition coefficient (Wildman–Crippen LogP) is 1.87. The van der Waals surface area contributed by atoms with Crippen LogP contribution in [0.15, 0.2) is 30.3 Å². The van der Waals surface area contributed by atoms with Crippen molar-refractivity contribution in [3.63, 3.8) is 0 Å². The number of unbranched alkanes of at least 4 members (excludes halogenated alkanes) is 1. The van der Waals surface area contributed by atoms with E-state index in [1.807, 2.05) is 6.92 Å². The molecular formula is C12H18O4. The zero-order chi connectivity index (χ0) is 12.4. The van der Waals surface area contributed by atoms with Crippen LogP contribution in [0.25, 0.3) is 0 Å². The van der Waals surface area contributed by atoms with E-state index in [0.717, 1.165) is 12.8 Å². The van der Waals surface area contributed by atoms with Gasteiger partial charge < -0.3 is 15.3 Å².